The molecule has 1 aromatic heterocycles. The number of likely N-dealkylation sites (tertiary alicyclic amines) is 1. The zero-order valence-electron chi connectivity index (χ0n) is 19.1. The van der Waals surface area contributed by atoms with E-state index in [9.17, 15) is 14.4 Å². The fraction of sp³-hybridized carbons (Fsp3) is 0.333. The van der Waals surface area contributed by atoms with Crippen molar-refractivity contribution in [1.29, 1.82) is 0 Å². The number of carbonyl (C=O) groups excluding carboxylic acids is 3. The van der Waals surface area contributed by atoms with Crippen molar-refractivity contribution in [3.8, 4) is 16.9 Å². The summed E-state index contributed by atoms with van der Waals surface area (Å²) in [5.41, 5.74) is 3.25. The number of hydrogen-bond acceptors (Lipinski definition) is 5. The zero-order valence-corrected chi connectivity index (χ0v) is 19.1. The number of esters is 1. The van der Waals surface area contributed by atoms with Crippen molar-refractivity contribution in [2.45, 2.75) is 45.3 Å². The van der Waals surface area contributed by atoms with Crippen LogP contribution in [0.4, 0.5) is 0 Å². The molecule has 0 radical (unpaired) electrons. The average Bonchev–Trinajstić information content (AvgIpc) is 3.42. The lowest BCUT2D eigenvalue weighted by Gasteiger charge is -2.21. The van der Waals surface area contributed by atoms with E-state index >= 15 is 0 Å². The molecule has 3 aromatic rings. The third-order valence-electron chi connectivity index (χ3n) is 6.83. The van der Waals surface area contributed by atoms with Gasteiger partial charge < -0.3 is 4.74 Å². The summed E-state index contributed by atoms with van der Waals surface area (Å²) in [6.45, 7) is 1.56. The summed E-state index contributed by atoms with van der Waals surface area (Å²) in [7, 11) is 0. The number of fused-ring (bicyclic) bond motifs is 1. The maximum Gasteiger partial charge on any atom is 0.329 e. The van der Waals surface area contributed by atoms with Crippen LogP contribution >= 0.6 is 0 Å². The lowest BCUT2D eigenvalue weighted by atomic mass is 9.81. The van der Waals surface area contributed by atoms with Gasteiger partial charge in [0.05, 0.1) is 23.2 Å². The Kier molecular flexibility index (Phi) is 6.01. The highest BCUT2D eigenvalue weighted by Gasteiger charge is 2.51. The first-order valence-corrected chi connectivity index (χ1v) is 11.8. The number of benzene rings is 2. The van der Waals surface area contributed by atoms with E-state index in [1.165, 1.54) is 0 Å². The molecule has 1 saturated heterocycles. The summed E-state index contributed by atoms with van der Waals surface area (Å²) in [5.74, 6) is -1.63. The van der Waals surface area contributed by atoms with Crippen LogP contribution < -0.4 is 0 Å². The lowest BCUT2D eigenvalue weighted by molar-refractivity contribution is -0.159. The first-order chi connectivity index (χ1) is 16.5. The maximum absolute atomic E-state index is 12.9. The summed E-state index contributed by atoms with van der Waals surface area (Å²) >= 11 is 0. The van der Waals surface area contributed by atoms with Gasteiger partial charge in [-0.1, -0.05) is 61.4 Å². The van der Waals surface area contributed by atoms with Gasteiger partial charge in [-0.25, -0.2) is 9.48 Å². The Morgan fingerprint density at radius 1 is 0.971 bits per heavy atom. The van der Waals surface area contributed by atoms with Crippen LogP contribution in [0.1, 0.15) is 38.2 Å². The van der Waals surface area contributed by atoms with Crippen molar-refractivity contribution in [3.05, 3.63) is 72.4 Å². The van der Waals surface area contributed by atoms with Gasteiger partial charge in [-0.05, 0) is 31.9 Å². The van der Waals surface area contributed by atoms with E-state index in [0.717, 1.165) is 34.6 Å². The first kappa shape index (κ1) is 22.1. The standard InChI is InChI=1S/C27H27N3O4/c1-18(30-25(31)22-14-8-9-15-23(22)26(30)32)27(33)34-17-20-16-29(21-12-6-3-7-13-21)28-24(20)19-10-4-2-5-11-19/h2-7,10-13,16,18,22-23H,8-9,14-15,17H2,1H3/t18-,22?,23?/m0/s1. The van der Waals surface area contributed by atoms with Crippen LogP contribution in [0.15, 0.2) is 66.9 Å². The van der Waals surface area contributed by atoms with E-state index in [-0.39, 0.29) is 30.3 Å². The second-order valence-corrected chi connectivity index (χ2v) is 8.98. The third kappa shape index (κ3) is 4.02. The number of imide groups is 1. The molecule has 0 bridgehead atoms. The normalized spacial score (nSPS) is 20.8. The van der Waals surface area contributed by atoms with Gasteiger partial charge in [0, 0.05) is 17.3 Å². The highest BCUT2D eigenvalue weighted by Crippen LogP contribution is 2.39. The van der Waals surface area contributed by atoms with Gasteiger partial charge in [-0.2, -0.15) is 5.10 Å². The predicted octanol–water partition coefficient (Wildman–Crippen LogP) is 4.15. The Balaban J connectivity index is 1.35. The van der Waals surface area contributed by atoms with Crippen LogP contribution in [0.5, 0.6) is 0 Å². The minimum atomic E-state index is -0.949. The van der Waals surface area contributed by atoms with Crippen molar-refractivity contribution >= 4 is 17.8 Å². The van der Waals surface area contributed by atoms with Crippen molar-refractivity contribution in [2.75, 3.05) is 0 Å². The molecule has 2 unspecified atom stereocenters. The van der Waals surface area contributed by atoms with Crippen LogP contribution in [0.3, 0.4) is 0 Å². The van der Waals surface area contributed by atoms with Gasteiger partial charge in [-0.15, -0.1) is 0 Å². The predicted molar refractivity (Wildman–Crippen MR) is 126 cm³/mol. The van der Waals surface area contributed by atoms with E-state index in [1.54, 1.807) is 11.6 Å². The molecule has 1 aliphatic heterocycles. The van der Waals surface area contributed by atoms with E-state index in [0.29, 0.717) is 18.5 Å². The molecular formula is C27H27N3O4. The highest BCUT2D eigenvalue weighted by atomic mass is 16.5. The number of aromatic nitrogens is 2. The molecule has 2 heterocycles. The quantitative estimate of drug-likeness (QED) is 0.410. The number of rotatable bonds is 6. The van der Waals surface area contributed by atoms with E-state index in [1.807, 2.05) is 66.9 Å². The zero-order chi connectivity index (χ0) is 23.7. The van der Waals surface area contributed by atoms with Gasteiger partial charge in [-0.3, -0.25) is 14.5 Å². The van der Waals surface area contributed by atoms with Gasteiger partial charge in [0.2, 0.25) is 11.8 Å². The maximum atomic E-state index is 12.9. The van der Waals surface area contributed by atoms with Gasteiger partial charge in [0.25, 0.3) is 0 Å². The van der Waals surface area contributed by atoms with Crippen molar-refractivity contribution in [1.82, 2.24) is 14.7 Å². The van der Waals surface area contributed by atoms with Crippen LogP contribution in [0, 0.1) is 11.8 Å². The largest absolute Gasteiger partial charge is 0.459 e. The van der Waals surface area contributed by atoms with Crippen LogP contribution in [-0.4, -0.2) is 38.5 Å². The van der Waals surface area contributed by atoms with Crippen molar-refractivity contribution in [2.24, 2.45) is 11.8 Å². The third-order valence-corrected chi connectivity index (χ3v) is 6.83. The van der Waals surface area contributed by atoms with Crippen molar-refractivity contribution < 1.29 is 19.1 Å². The minimum Gasteiger partial charge on any atom is -0.459 e. The molecule has 34 heavy (non-hydrogen) atoms. The van der Waals surface area contributed by atoms with Gasteiger partial charge >= 0.3 is 5.97 Å². The smallest absolute Gasteiger partial charge is 0.329 e. The minimum absolute atomic E-state index is 0.0106. The summed E-state index contributed by atoms with van der Waals surface area (Å²) in [4.78, 5) is 39.8. The second kappa shape index (κ2) is 9.25. The molecule has 1 saturated carbocycles. The van der Waals surface area contributed by atoms with Crippen LogP contribution in [-0.2, 0) is 25.7 Å². The molecule has 7 heteroatoms. The van der Waals surface area contributed by atoms with Crippen LogP contribution in [0.25, 0.3) is 16.9 Å². The second-order valence-electron chi connectivity index (χ2n) is 8.98. The molecule has 3 atom stereocenters. The molecule has 2 amide bonds. The monoisotopic (exact) mass is 457 g/mol. The number of carbonyl (C=O) groups is 3. The fourth-order valence-corrected chi connectivity index (χ4v) is 5.01. The summed E-state index contributed by atoms with van der Waals surface area (Å²) in [6, 6.07) is 18.4. The first-order valence-electron chi connectivity index (χ1n) is 11.8. The number of ether oxygens (including phenoxy) is 1. The van der Waals surface area contributed by atoms with E-state index in [2.05, 4.69) is 0 Å². The van der Waals surface area contributed by atoms with Crippen LogP contribution in [0.2, 0.25) is 0 Å². The molecule has 1 aliphatic carbocycles. The highest BCUT2D eigenvalue weighted by molar-refractivity contribution is 6.07. The Morgan fingerprint density at radius 3 is 2.18 bits per heavy atom. The Hall–Kier alpha value is -3.74. The fourth-order valence-electron chi connectivity index (χ4n) is 5.01. The molecule has 174 valence electrons. The Bertz CT molecular complexity index is 1180. The topological polar surface area (TPSA) is 81.5 Å². The average molecular weight is 458 g/mol. The molecule has 2 fully saturated rings. The summed E-state index contributed by atoms with van der Waals surface area (Å²) in [5, 5.41) is 4.73. The number of nitrogens with zero attached hydrogens (tertiary/aromatic N) is 3. The summed E-state index contributed by atoms with van der Waals surface area (Å²) < 4.78 is 7.38. The lowest BCUT2D eigenvalue weighted by Crippen LogP contribution is -2.44. The molecular weight excluding hydrogens is 430 g/mol. The summed E-state index contributed by atoms with van der Waals surface area (Å²) in [6.07, 6.45) is 5.16. The molecule has 5 rings (SSSR count). The van der Waals surface area contributed by atoms with Crippen molar-refractivity contribution in [3.63, 3.8) is 0 Å². The number of hydrogen-bond donors (Lipinski definition) is 0. The number of amides is 2. The number of para-hydroxylation sites is 1. The Labute approximate surface area is 198 Å². The van der Waals surface area contributed by atoms with E-state index in [4.69, 9.17) is 9.84 Å². The van der Waals surface area contributed by atoms with Gasteiger partial charge in [0.1, 0.15) is 12.6 Å². The molecule has 2 aliphatic rings. The molecule has 2 aromatic carbocycles. The molecule has 0 N–H and O–H groups in total. The molecule has 7 nitrogen and oxygen atoms in total. The van der Waals surface area contributed by atoms with Gasteiger partial charge in [0.15, 0.2) is 0 Å². The molecule has 0 spiro atoms. The SMILES string of the molecule is C[C@@H](C(=O)OCc1cn(-c2ccccc2)nc1-c1ccccc1)N1C(=O)C2CCCCC2C1=O. The van der Waals surface area contributed by atoms with E-state index < -0.39 is 12.0 Å². The Morgan fingerprint density at radius 2 is 1.56 bits per heavy atom.